The van der Waals surface area contributed by atoms with Crippen LogP contribution in [0.15, 0.2) is 0 Å². The third-order valence-corrected chi connectivity index (χ3v) is 5.41. The molecule has 1 aliphatic heterocycles. The number of rotatable bonds is 6. The Bertz CT molecular complexity index is 549. The zero-order valence-electron chi connectivity index (χ0n) is 12.5. The van der Waals surface area contributed by atoms with Crippen molar-refractivity contribution in [2.24, 2.45) is 5.92 Å². The second kappa shape index (κ2) is 7.47. The van der Waals surface area contributed by atoms with E-state index in [1.165, 1.54) is 6.92 Å². The topological polar surface area (TPSA) is 104 Å². The van der Waals surface area contributed by atoms with Crippen LogP contribution in [0.1, 0.15) is 26.2 Å². The Morgan fingerprint density at radius 2 is 2.00 bits per heavy atom. The van der Waals surface area contributed by atoms with Gasteiger partial charge in [-0.25, -0.2) is 17.5 Å². The molecule has 11 heteroatoms. The summed E-state index contributed by atoms with van der Waals surface area (Å²) in [6, 6.07) is -2.08. The molecule has 0 aromatic heterocycles. The Hall–Kier alpha value is -1.36. The largest absolute Gasteiger partial charge is 0.480 e. The number of nitrogens with zero attached hydrogens (tertiary/aromatic N) is 1. The molecule has 2 unspecified atom stereocenters. The molecule has 0 saturated carbocycles. The first-order valence-electron chi connectivity index (χ1n) is 7.04. The zero-order chi connectivity index (χ0) is 17.8. The van der Waals surface area contributed by atoms with Gasteiger partial charge in [-0.05, 0) is 19.8 Å². The van der Waals surface area contributed by atoms with Gasteiger partial charge in [-0.1, -0.05) is 0 Å². The molecular formula is C12H19F3N2O5S. The highest BCUT2D eigenvalue weighted by molar-refractivity contribution is 7.89. The number of sulfonamides is 1. The minimum absolute atomic E-state index is 0.146. The number of hydrogen-bond donors (Lipinski definition) is 2. The van der Waals surface area contributed by atoms with Crippen molar-refractivity contribution in [1.82, 2.24) is 9.62 Å². The average molecular weight is 360 g/mol. The van der Waals surface area contributed by atoms with Gasteiger partial charge in [0.2, 0.25) is 15.9 Å². The molecule has 1 rings (SSSR count). The summed E-state index contributed by atoms with van der Waals surface area (Å²) in [7, 11) is -3.50. The number of aliphatic carboxylic acids is 1. The SMILES string of the molecule is CCS(=O)(=O)N1CCCC(C(=O)NC(CC(F)(F)F)C(=O)O)C1. The molecule has 1 amide bonds. The first kappa shape index (κ1) is 19.7. The van der Waals surface area contributed by atoms with Gasteiger partial charge in [0.05, 0.1) is 18.1 Å². The van der Waals surface area contributed by atoms with Gasteiger partial charge in [0, 0.05) is 13.1 Å². The molecule has 7 nitrogen and oxygen atoms in total. The summed E-state index contributed by atoms with van der Waals surface area (Å²) in [5.41, 5.74) is 0. The molecule has 23 heavy (non-hydrogen) atoms. The third-order valence-electron chi connectivity index (χ3n) is 3.56. The molecule has 1 saturated heterocycles. The van der Waals surface area contributed by atoms with Crippen LogP contribution in [0.3, 0.4) is 0 Å². The fraction of sp³-hybridized carbons (Fsp3) is 0.833. The quantitative estimate of drug-likeness (QED) is 0.721. The van der Waals surface area contributed by atoms with Crippen LogP contribution in [0.5, 0.6) is 0 Å². The summed E-state index contributed by atoms with van der Waals surface area (Å²) in [5.74, 6) is -3.67. The lowest BCUT2D eigenvalue weighted by Gasteiger charge is -2.31. The molecule has 1 fully saturated rings. The molecule has 1 aliphatic rings. The minimum Gasteiger partial charge on any atom is -0.480 e. The van der Waals surface area contributed by atoms with Crippen molar-refractivity contribution in [3.05, 3.63) is 0 Å². The maximum Gasteiger partial charge on any atom is 0.391 e. The molecule has 2 atom stereocenters. The van der Waals surface area contributed by atoms with Crippen molar-refractivity contribution in [2.45, 2.75) is 38.4 Å². The van der Waals surface area contributed by atoms with Crippen molar-refractivity contribution in [1.29, 1.82) is 0 Å². The maximum absolute atomic E-state index is 12.3. The van der Waals surface area contributed by atoms with Gasteiger partial charge in [-0.2, -0.15) is 13.2 Å². The van der Waals surface area contributed by atoms with E-state index in [2.05, 4.69) is 0 Å². The average Bonchev–Trinajstić information content (AvgIpc) is 2.45. The smallest absolute Gasteiger partial charge is 0.391 e. The monoisotopic (exact) mass is 360 g/mol. The standard InChI is InChI=1S/C12H19F3N2O5S/c1-2-23(21,22)17-5-3-4-8(7-17)10(18)16-9(11(19)20)6-12(13,14)15/h8-9H,2-7H2,1H3,(H,16,18)(H,19,20). The van der Waals surface area contributed by atoms with E-state index in [-0.39, 0.29) is 18.8 Å². The number of hydrogen-bond acceptors (Lipinski definition) is 4. The van der Waals surface area contributed by atoms with Gasteiger partial charge in [0.15, 0.2) is 0 Å². The molecule has 0 spiro atoms. The Labute approximate surface area is 131 Å². The molecule has 0 bridgehead atoms. The van der Waals surface area contributed by atoms with E-state index in [9.17, 15) is 31.2 Å². The molecule has 0 aliphatic carbocycles. The fourth-order valence-corrected chi connectivity index (χ4v) is 3.49. The lowest BCUT2D eigenvalue weighted by atomic mass is 9.98. The van der Waals surface area contributed by atoms with Crippen LogP contribution in [0.4, 0.5) is 13.2 Å². The fourth-order valence-electron chi connectivity index (χ4n) is 2.31. The normalized spacial score (nSPS) is 21.7. The van der Waals surface area contributed by atoms with Crippen LogP contribution < -0.4 is 5.32 Å². The number of carbonyl (C=O) groups excluding carboxylic acids is 1. The zero-order valence-corrected chi connectivity index (χ0v) is 13.3. The summed E-state index contributed by atoms with van der Waals surface area (Å²) in [6.07, 6.45) is -5.74. The highest BCUT2D eigenvalue weighted by atomic mass is 32.2. The van der Waals surface area contributed by atoms with E-state index in [1.54, 1.807) is 0 Å². The van der Waals surface area contributed by atoms with Crippen LogP contribution >= 0.6 is 0 Å². The van der Waals surface area contributed by atoms with E-state index in [0.29, 0.717) is 12.8 Å². The number of piperidine rings is 1. The van der Waals surface area contributed by atoms with Crippen molar-refractivity contribution < 1.29 is 36.3 Å². The highest BCUT2D eigenvalue weighted by Crippen LogP contribution is 2.23. The molecule has 0 radical (unpaired) electrons. The van der Waals surface area contributed by atoms with Crippen molar-refractivity contribution in [2.75, 3.05) is 18.8 Å². The van der Waals surface area contributed by atoms with E-state index in [1.807, 2.05) is 5.32 Å². The van der Waals surface area contributed by atoms with Gasteiger partial charge in [-0.3, -0.25) is 4.79 Å². The van der Waals surface area contributed by atoms with Crippen LogP contribution in [0.25, 0.3) is 0 Å². The molecule has 0 aromatic carbocycles. The maximum atomic E-state index is 12.3. The predicted octanol–water partition coefficient (Wildman–Crippen LogP) is 0.570. The molecule has 1 heterocycles. The molecular weight excluding hydrogens is 341 g/mol. The van der Waals surface area contributed by atoms with Crippen LogP contribution in [-0.4, -0.2) is 60.8 Å². The Balaban J connectivity index is 2.74. The van der Waals surface area contributed by atoms with Crippen molar-refractivity contribution >= 4 is 21.9 Å². The molecule has 134 valence electrons. The van der Waals surface area contributed by atoms with Gasteiger partial charge in [-0.15, -0.1) is 0 Å². The van der Waals surface area contributed by atoms with Crippen molar-refractivity contribution in [3.63, 3.8) is 0 Å². The number of carboxylic acid groups (broad SMARTS) is 1. The number of alkyl halides is 3. The van der Waals surface area contributed by atoms with Gasteiger partial charge in [0.25, 0.3) is 0 Å². The number of nitrogens with one attached hydrogen (secondary N) is 1. The number of carbonyl (C=O) groups is 2. The van der Waals surface area contributed by atoms with Gasteiger partial charge >= 0.3 is 12.1 Å². The first-order valence-corrected chi connectivity index (χ1v) is 8.65. The Kier molecular flexibility index (Phi) is 6.40. The predicted molar refractivity (Wildman–Crippen MR) is 74.0 cm³/mol. The first-order chi connectivity index (χ1) is 10.5. The van der Waals surface area contributed by atoms with Crippen LogP contribution in [-0.2, 0) is 19.6 Å². The van der Waals surface area contributed by atoms with E-state index in [0.717, 1.165) is 4.31 Å². The summed E-state index contributed by atoms with van der Waals surface area (Å²) in [4.78, 5) is 22.8. The number of halogens is 3. The Morgan fingerprint density at radius 1 is 1.39 bits per heavy atom. The Morgan fingerprint density at radius 3 is 2.48 bits per heavy atom. The molecule has 2 N–H and O–H groups in total. The minimum atomic E-state index is -4.74. The van der Waals surface area contributed by atoms with Gasteiger partial charge < -0.3 is 10.4 Å². The second-order valence-corrected chi connectivity index (χ2v) is 7.57. The summed E-state index contributed by atoms with van der Waals surface area (Å²) < 4.78 is 61.7. The number of carboxylic acids is 1. The summed E-state index contributed by atoms with van der Waals surface area (Å²) >= 11 is 0. The third kappa shape index (κ3) is 5.98. The highest BCUT2D eigenvalue weighted by Gasteiger charge is 2.38. The van der Waals surface area contributed by atoms with Crippen molar-refractivity contribution in [3.8, 4) is 0 Å². The number of amides is 1. The summed E-state index contributed by atoms with van der Waals surface area (Å²) in [5, 5.41) is 10.6. The second-order valence-electron chi connectivity index (χ2n) is 5.32. The van der Waals surface area contributed by atoms with Crippen LogP contribution in [0, 0.1) is 5.92 Å². The van der Waals surface area contributed by atoms with E-state index in [4.69, 9.17) is 5.11 Å². The lowest BCUT2D eigenvalue weighted by Crippen LogP contribution is -2.50. The lowest BCUT2D eigenvalue weighted by molar-refractivity contribution is -0.160. The van der Waals surface area contributed by atoms with E-state index < -0.39 is 46.5 Å². The van der Waals surface area contributed by atoms with Crippen LogP contribution in [0.2, 0.25) is 0 Å². The molecule has 0 aromatic rings. The van der Waals surface area contributed by atoms with E-state index >= 15 is 0 Å². The summed E-state index contributed by atoms with van der Waals surface area (Å²) in [6.45, 7) is 1.54. The van der Waals surface area contributed by atoms with Gasteiger partial charge in [0.1, 0.15) is 6.04 Å².